The molecule has 2 aromatic carbocycles. The quantitative estimate of drug-likeness (QED) is 0.578. The van der Waals surface area contributed by atoms with Gasteiger partial charge in [-0.3, -0.25) is 9.78 Å². The molecule has 148 valence electrons. The maximum Gasteiger partial charge on any atom is 0.417 e. The summed E-state index contributed by atoms with van der Waals surface area (Å²) in [6.45, 7) is 0.227. The zero-order chi connectivity index (χ0) is 20.7. The van der Waals surface area contributed by atoms with Crippen molar-refractivity contribution in [3.05, 3.63) is 96.3 Å². The van der Waals surface area contributed by atoms with E-state index in [4.69, 9.17) is 4.74 Å². The van der Waals surface area contributed by atoms with Crippen molar-refractivity contribution in [1.82, 2.24) is 4.98 Å². The molecule has 1 amide bonds. The molecule has 1 N–H and O–H groups in total. The molecular formula is C22H17F3N2O2. The van der Waals surface area contributed by atoms with Gasteiger partial charge in [-0.15, -0.1) is 0 Å². The van der Waals surface area contributed by atoms with Gasteiger partial charge < -0.3 is 10.1 Å². The van der Waals surface area contributed by atoms with Crippen molar-refractivity contribution in [3.8, 4) is 5.75 Å². The van der Waals surface area contributed by atoms with Crippen molar-refractivity contribution in [3.63, 3.8) is 0 Å². The SMILES string of the molecule is O=C(/C=C(/c1ccccc1)C(F)(F)F)Nc1cccc(OCc2ccccn2)c1. The summed E-state index contributed by atoms with van der Waals surface area (Å²) in [6.07, 6.45) is -2.46. The summed E-state index contributed by atoms with van der Waals surface area (Å²) >= 11 is 0. The third-order valence-corrected chi connectivity index (χ3v) is 3.88. The van der Waals surface area contributed by atoms with Gasteiger partial charge in [0.2, 0.25) is 5.91 Å². The van der Waals surface area contributed by atoms with E-state index in [0.29, 0.717) is 17.5 Å². The van der Waals surface area contributed by atoms with Gasteiger partial charge >= 0.3 is 6.18 Å². The summed E-state index contributed by atoms with van der Waals surface area (Å²) in [4.78, 5) is 16.3. The molecule has 0 aliphatic carbocycles. The smallest absolute Gasteiger partial charge is 0.417 e. The number of alkyl halides is 3. The largest absolute Gasteiger partial charge is 0.487 e. The summed E-state index contributed by atoms with van der Waals surface area (Å²) in [5.41, 5.74) is -0.0531. The van der Waals surface area contributed by atoms with E-state index in [1.807, 2.05) is 6.07 Å². The van der Waals surface area contributed by atoms with Gasteiger partial charge in [-0.1, -0.05) is 42.5 Å². The minimum absolute atomic E-state index is 0.0809. The Morgan fingerprint density at radius 2 is 1.76 bits per heavy atom. The Bertz CT molecular complexity index is 988. The first-order chi connectivity index (χ1) is 13.9. The van der Waals surface area contributed by atoms with Crippen molar-refractivity contribution in [2.45, 2.75) is 12.8 Å². The van der Waals surface area contributed by atoms with Gasteiger partial charge in [0.05, 0.1) is 11.3 Å². The lowest BCUT2D eigenvalue weighted by Gasteiger charge is -2.12. The number of halogens is 3. The molecule has 1 aromatic heterocycles. The van der Waals surface area contributed by atoms with Crippen molar-refractivity contribution in [2.24, 2.45) is 0 Å². The van der Waals surface area contributed by atoms with Gasteiger partial charge in [0.15, 0.2) is 0 Å². The maximum atomic E-state index is 13.4. The number of ether oxygens (including phenoxy) is 1. The molecule has 0 aliphatic rings. The molecular weight excluding hydrogens is 381 g/mol. The molecule has 0 aliphatic heterocycles. The Morgan fingerprint density at radius 3 is 2.45 bits per heavy atom. The van der Waals surface area contributed by atoms with Crippen LogP contribution in [0.3, 0.4) is 0 Å². The van der Waals surface area contributed by atoms with Crippen molar-refractivity contribution < 1.29 is 22.7 Å². The second kappa shape index (κ2) is 9.05. The first-order valence-corrected chi connectivity index (χ1v) is 8.70. The van der Waals surface area contributed by atoms with Gasteiger partial charge in [0, 0.05) is 24.0 Å². The fourth-order valence-corrected chi connectivity index (χ4v) is 2.56. The molecule has 3 aromatic rings. The number of anilines is 1. The Balaban J connectivity index is 1.72. The van der Waals surface area contributed by atoms with Gasteiger partial charge in [-0.2, -0.15) is 13.2 Å². The minimum atomic E-state index is -4.66. The Hall–Kier alpha value is -3.61. The average Bonchev–Trinajstić information content (AvgIpc) is 2.71. The van der Waals surface area contributed by atoms with E-state index in [1.165, 1.54) is 30.3 Å². The summed E-state index contributed by atoms with van der Waals surface area (Å²) in [7, 11) is 0. The zero-order valence-electron chi connectivity index (χ0n) is 15.2. The summed E-state index contributed by atoms with van der Waals surface area (Å²) in [6, 6.07) is 19.0. The summed E-state index contributed by atoms with van der Waals surface area (Å²) in [5.74, 6) is -0.431. The van der Waals surface area contributed by atoms with Crippen molar-refractivity contribution >= 4 is 17.2 Å². The minimum Gasteiger partial charge on any atom is -0.487 e. The molecule has 4 nitrogen and oxygen atoms in total. The van der Waals surface area contributed by atoms with Crippen LogP contribution >= 0.6 is 0 Å². The van der Waals surface area contributed by atoms with E-state index >= 15 is 0 Å². The first kappa shape index (κ1) is 20.1. The number of carbonyl (C=O) groups is 1. The number of benzene rings is 2. The Morgan fingerprint density at radius 1 is 1.00 bits per heavy atom. The fraction of sp³-hybridized carbons (Fsp3) is 0.0909. The van der Waals surface area contributed by atoms with Crippen LogP contribution in [0.15, 0.2) is 85.1 Å². The molecule has 29 heavy (non-hydrogen) atoms. The van der Waals surface area contributed by atoms with Crippen LogP contribution in [0.25, 0.3) is 5.57 Å². The predicted molar refractivity (Wildman–Crippen MR) is 104 cm³/mol. The monoisotopic (exact) mass is 398 g/mol. The molecule has 0 saturated heterocycles. The molecule has 0 bridgehead atoms. The molecule has 0 radical (unpaired) electrons. The predicted octanol–water partition coefficient (Wildman–Crippen LogP) is 5.25. The number of pyridine rings is 1. The van der Waals surface area contributed by atoms with Crippen LogP contribution < -0.4 is 10.1 Å². The highest BCUT2D eigenvalue weighted by molar-refractivity contribution is 6.04. The van der Waals surface area contributed by atoms with Crippen LogP contribution in [-0.2, 0) is 11.4 Å². The van der Waals surface area contributed by atoms with Crippen molar-refractivity contribution in [1.29, 1.82) is 0 Å². The van der Waals surface area contributed by atoms with Crippen molar-refractivity contribution in [2.75, 3.05) is 5.32 Å². The highest BCUT2D eigenvalue weighted by Gasteiger charge is 2.35. The number of rotatable bonds is 6. The number of allylic oxidation sites excluding steroid dienone is 1. The molecule has 0 fully saturated rings. The number of aromatic nitrogens is 1. The molecule has 0 spiro atoms. The van der Waals surface area contributed by atoms with Crippen LogP contribution in [0.1, 0.15) is 11.3 Å². The van der Waals surface area contributed by atoms with E-state index in [1.54, 1.807) is 42.6 Å². The van der Waals surface area contributed by atoms with E-state index in [2.05, 4.69) is 10.3 Å². The third-order valence-electron chi connectivity index (χ3n) is 3.88. The number of nitrogens with one attached hydrogen (secondary N) is 1. The topological polar surface area (TPSA) is 51.2 Å². The van der Waals surface area contributed by atoms with Gasteiger partial charge in [0.1, 0.15) is 12.4 Å². The van der Waals surface area contributed by atoms with Gasteiger partial charge in [0.25, 0.3) is 0 Å². The van der Waals surface area contributed by atoms with Crippen LogP contribution in [0.2, 0.25) is 0 Å². The Labute approximate surface area is 165 Å². The Kier molecular flexibility index (Phi) is 6.29. The van der Waals surface area contributed by atoms with E-state index in [-0.39, 0.29) is 12.2 Å². The average molecular weight is 398 g/mol. The second-order valence-corrected chi connectivity index (χ2v) is 6.05. The standard InChI is InChI=1S/C22H17F3N2O2/c23-22(24,25)20(16-7-2-1-3-8-16)14-21(28)27-17-10-6-11-19(13-17)29-15-18-9-4-5-12-26-18/h1-14H,15H2,(H,27,28)/b20-14-. The lowest BCUT2D eigenvalue weighted by atomic mass is 10.1. The van der Waals surface area contributed by atoms with E-state index in [9.17, 15) is 18.0 Å². The first-order valence-electron chi connectivity index (χ1n) is 8.70. The number of amides is 1. The van der Waals surface area contributed by atoms with Crippen LogP contribution in [0.4, 0.5) is 18.9 Å². The number of nitrogens with zero attached hydrogens (tertiary/aromatic N) is 1. The summed E-state index contributed by atoms with van der Waals surface area (Å²) < 4.78 is 45.7. The highest BCUT2D eigenvalue weighted by atomic mass is 19.4. The number of hydrogen-bond acceptors (Lipinski definition) is 3. The fourth-order valence-electron chi connectivity index (χ4n) is 2.56. The van der Waals surface area contributed by atoms with E-state index in [0.717, 1.165) is 5.69 Å². The second-order valence-electron chi connectivity index (χ2n) is 6.05. The molecule has 1 heterocycles. The normalized spacial score (nSPS) is 11.8. The highest BCUT2D eigenvalue weighted by Crippen LogP contribution is 2.33. The molecule has 0 unspecified atom stereocenters. The lowest BCUT2D eigenvalue weighted by Crippen LogP contribution is -2.16. The molecule has 0 saturated carbocycles. The lowest BCUT2D eigenvalue weighted by molar-refractivity contribution is -0.112. The molecule has 0 atom stereocenters. The van der Waals surface area contributed by atoms with Gasteiger partial charge in [-0.05, 0) is 29.8 Å². The summed E-state index contributed by atoms with van der Waals surface area (Å²) in [5, 5.41) is 2.44. The zero-order valence-corrected chi connectivity index (χ0v) is 15.2. The maximum absolute atomic E-state index is 13.4. The molecule has 3 rings (SSSR count). The van der Waals surface area contributed by atoms with Crippen LogP contribution in [0.5, 0.6) is 5.75 Å². The van der Waals surface area contributed by atoms with Gasteiger partial charge in [-0.25, -0.2) is 0 Å². The molecule has 7 heteroatoms. The van der Waals surface area contributed by atoms with Crippen LogP contribution in [0, 0.1) is 0 Å². The van der Waals surface area contributed by atoms with Crippen LogP contribution in [-0.4, -0.2) is 17.1 Å². The van der Waals surface area contributed by atoms with E-state index < -0.39 is 17.7 Å². The third kappa shape index (κ3) is 5.93. The number of hydrogen-bond donors (Lipinski definition) is 1. The number of carbonyl (C=O) groups excluding carboxylic acids is 1.